The van der Waals surface area contributed by atoms with Gasteiger partial charge in [-0.05, 0) is 47.2 Å². The van der Waals surface area contributed by atoms with Gasteiger partial charge in [-0.2, -0.15) is 18.9 Å². The molecular weight excluding hydrogens is 474 g/mol. The van der Waals surface area contributed by atoms with Gasteiger partial charge in [0.15, 0.2) is 11.3 Å². The first-order valence-corrected chi connectivity index (χ1v) is 11.3. The van der Waals surface area contributed by atoms with Crippen molar-refractivity contribution in [2.75, 3.05) is 5.32 Å². The van der Waals surface area contributed by atoms with Gasteiger partial charge in [0.05, 0.1) is 22.7 Å². The highest BCUT2D eigenvalue weighted by molar-refractivity contribution is 7.86. The molecule has 0 saturated carbocycles. The Hall–Kier alpha value is -4.93. The van der Waals surface area contributed by atoms with Crippen LogP contribution in [0.15, 0.2) is 70.1 Å². The number of amides is 1. The average Bonchev–Trinajstić information content (AvgIpc) is 3.54. The minimum absolute atomic E-state index is 0.0157. The summed E-state index contributed by atoms with van der Waals surface area (Å²) in [6.45, 7) is 0. The molecule has 0 unspecified atom stereocenters. The number of rotatable bonds is 5. The van der Waals surface area contributed by atoms with Crippen molar-refractivity contribution < 1.29 is 22.3 Å². The predicted molar refractivity (Wildman–Crippen MR) is 122 cm³/mol. The first kappa shape index (κ1) is 21.9. The van der Waals surface area contributed by atoms with Crippen LogP contribution in [0.1, 0.15) is 16.1 Å². The standard InChI is InChI=1S/C22H13N7O5S/c23-11-12-5-8-17(16(9-12)21-25-28-29-26-21)24-22(30)20-15-7-6-13(10-18(15)34-27-20)14-3-1-2-4-19(14)35(31,32)33/h1-10H,(H,24,30)(H,31,32,33)(H,25,26,28,29). The molecule has 13 heteroatoms. The Balaban J connectivity index is 1.50. The van der Waals surface area contributed by atoms with Gasteiger partial charge in [-0.25, -0.2) is 0 Å². The van der Waals surface area contributed by atoms with E-state index in [-0.39, 0.29) is 27.6 Å². The molecule has 5 aromatic rings. The number of anilines is 1. The second-order valence-electron chi connectivity index (χ2n) is 7.28. The molecule has 35 heavy (non-hydrogen) atoms. The molecule has 0 fully saturated rings. The zero-order valence-corrected chi connectivity index (χ0v) is 18.3. The molecule has 12 nitrogen and oxygen atoms in total. The molecule has 0 radical (unpaired) electrons. The Kier molecular flexibility index (Phi) is 5.28. The minimum Gasteiger partial charge on any atom is -0.355 e. The van der Waals surface area contributed by atoms with Crippen LogP contribution in [-0.4, -0.2) is 44.7 Å². The van der Waals surface area contributed by atoms with Crippen LogP contribution in [0.4, 0.5) is 5.69 Å². The lowest BCUT2D eigenvalue weighted by Crippen LogP contribution is -2.13. The fraction of sp³-hybridized carbons (Fsp3) is 0. The number of aromatic amines is 1. The molecule has 2 aromatic heterocycles. The van der Waals surface area contributed by atoms with E-state index in [2.05, 4.69) is 31.1 Å². The van der Waals surface area contributed by atoms with Gasteiger partial charge in [0.25, 0.3) is 16.0 Å². The topological polar surface area (TPSA) is 188 Å². The van der Waals surface area contributed by atoms with Gasteiger partial charge in [0.1, 0.15) is 4.90 Å². The van der Waals surface area contributed by atoms with E-state index in [4.69, 9.17) is 4.52 Å². The van der Waals surface area contributed by atoms with E-state index in [9.17, 15) is 23.0 Å². The SMILES string of the molecule is N#Cc1ccc(NC(=O)c2noc3cc(-c4ccccc4S(=O)(=O)O)ccc23)c(-c2nn[nH]n2)c1. The smallest absolute Gasteiger partial charge is 0.295 e. The lowest BCUT2D eigenvalue weighted by atomic mass is 10.0. The van der Waals surface area contributed by atoms with Crippen molar-refractivity contribution in [1.82, 2.24) is 25.8 Å². The number of benzene rings is 3. The normalized spacial score (nSPS) is 11.3. The summed E-state index contributed by atoms with van der Waals surface area (Å²) in [4.78, 5) is 12.8. The number of tetrazole rings is 1. The lowest BCUT2D eigenvalue weighted by molar-refractivity contribution is 0.102. The number of H-pyrrole nitrogens is 1. The quantitative estimate of drug-likeness (QED) is 0.311. The molecule has 0 bridgehead atoms. The molecule has 5 rings (SSSR count). The van der Waals surface area contributed by atoms with E-state index >= 15 is 0 Å². The molecule has 172 valence electrons. The highest BCUT2D eigenvalue weighted by atomic mass is 32.2. The summed E-state index contributed by atoms with van der Waals surface area (Å²) >= 11 is 0. The molecule has 2 heterocycles. The number of fused-ring (bicyclic) bond motifs is 1. The number of nitrogens with one attached hydrogen (secondary N) is 2. The van der Waals surface area contributed by atoms with Gasteiger partial charge < -0.3 is 9.84 Å². The maximum atomic E-state index is 13.0. The van der Waals surface area contributed by atoms with Crippen LogP contribution < -0.4 is 5.32 Å². The third-order valence-electron chi connectivity index (χ3n) is 5.15. The summed E-state index contributed by atoms with van der Waals surface area (Å²) in [5.74, 6) is -0.408. The van der Waals surface area contributed by atoms with Crippen LogP contribution in [-0.2, 0) is 10.1 Å². The van der Waals surface area contributed by atoms with Crippen LogP contribution in [0.25, 0.3) is 33.5 Å². The van der Waals surface area contributed by atoms with Gasteiger partial charge in [0.2, 0.25) is 5.82 Å². The van der Waals surface area contributed by atoms with Crippen molar-refractivity contribution in [2.45, 2.75) is 4.90 Å². The number of hydrogen-bond acceptors (Lipinski definition) is 9. The van der Waals surface area contributed by atoms with Gasteiger partial charge in [-0.1, -0.05) is 29.4 Å². The molecule has 0 atom stereocenters. The molecule has 3 N–H and O–H groups in total. The molecule has 0 saturated heterocycles. The summed E-state index contributed by atoms with van der Waals surface area (Å²) < 4.78 is 38.4. The highest BCUT2D eigenvalue weighted by Crippen LogP contribution is 2.32. The predicted octanol–water partition coefficient (Wildman–Crippen LogP) is 3.05. The summed E-state index contributed by atoms with van der Waals surface area (Å²) in [6, 6.07) is 17.2. The second kappa shape index (κ2) is 8.45. The van der Waals surface area contributed by atoms with Gasteiger partial charge in [0, 0.05) is 11.1 Å². The van der Waals surface area contributed by atoms with Crippen molar-refractivity contribution in [3.63, 3.8) is 0 Å². The Bertz CT molecular complexity index is 1740. The van der Waals surface area contributed by atoms with Crippen LogP contribution in [0.2, 0.25) is 0 Å². The van der Waals surface area contributed by atoms with Gasteiger partial charge in [-0.3, -0.25) is 9.35 Å². The summed E-state index contributed by atoms with van der Waals surface area (Å²) in [7, 11) is -4.45. The first-order chi connectivity index (χ1) is 16.8. The van der Waals surface area contributed by atoms with E-state index in [0.29, 0.717) is 27.8 Å². The highest BCUT2D eigenvalue weighted by Gasteiger charge is 2.21. The Morgan fingerprint density at radius 3 is 2.66 bits per heavy atom. The summed E-state index contributed by atoms with van der Waals surface area (Å²) in [5, 5.41) is 29.8. The van der Waals surface area contributed by atoms with Crippen molar-refractivity contribution in [3.8, 4) is 28.6 Å². The molecule has 0 spiro atoms. The minimum atomic E-state index is -4.45. The van der Waals surface area contributed by atoms with Crippen molar-refractivity contribution in [1.29, 1.82) is 5.26 Å². The van der Waals surface area contributed by atoms with Gasteiger partial charge >= 0.3 is 0 Å². The van der Waals surface area contributed by atoms with E-state index < -0.39 is 16.0 Å². The van der Waals surface area contributed by atoms with E-state index in [1.54, 1.807) is 24.3 Å². The zero-order chi connectivity index (χ0) is 24.6. The molecule has 0 aliphatic carbocycles. The van der Waals surface area contributed by atoms with Crippen LogP contribution in [0.3, 0.4) is 0 Å². The van der Waals surface area contributed by atoms with Crippen LogP contribution in [0.5, 0.6) is 0 Å². The maximum absolute atomic E-state index is 13.0. The fourth-order valence-corrected chi connectivity index (χ4v) is 4.28. The number of aromatic nitrogens is 5. The first-order valence-electron chi connectivity index (χ1n) is 9.91. The third-order valence-corrected chi connectivity index (χ3v) is 6.06. The average molecular weight is 487 g/mol. The second-order valence-corrected chi connectivity index (χ2v) is 8.67. The fourth-order valence-electron chi connectivity index (χ4n) is 3.56. The maximum Gasteiger partial charge on any atom is 0.295 e. The monoisotopic (exact) mass is 487 g/mol. The molecular formula is C22H13N7O5S. The molecule has 1 amide bonds. The largest absolute Gasteiger partial charge is 0.355 e. The molecule has 3 aromatic carbocycles. The van der Waals surface area contributed by atoms with Crippen molar-refractivity contribution >= 4 is 32.7 Å². The van der Waals surface area contributed by atoms with E-state index in [1.165, 1.54) is 36.4 Å². The Morgan fingerprint density at radius 1 is 1.09 bits per heavy atom. The number of carbonyl (C=O) groups excluding carboxylic acids is 1. The van der Waals surface area contributed by atoms with Crippen molar-refractivity contribution in [2.24, 2.45) is 0 Å². The number of nitrogens with zero attached hydrogens (tertiary/aromatic N) is 5. The summed E-state index contributed by atoms with van der Waals surface area (Å²) in [5.41, 5.74) is 1.97. The van der Waals surface area contributed by atoms with Gasteiger partial charge in [-0.15, -0.1) is 10.2 Å². The number of hydrogen-bond donors (Lipinski definition) is 3. The Labute approximate surface area is 196 Å². The zero-order valence-electron chi connectivity index (χ0n) is 17.5. The van der Waals surface area contributed by atoms with Crippen LogP contribution >= 0.6 is 0 Å². The molecule has 0 aliphatic rings. The van der Waals surface area contributed by atoms with Crippen molar-refractivity contribution in [3.05, 3.63) is 71.9 Å². The lowest BCUT2D eigenvalue weighted by Gasteiger charge is -2.08. The van der Waals surface area contributed by atoms with Crippen LogP contribution in [0, 0.1) is 11.3 Å². The van der Waals surface area contributed by atoms with E-state index in [1.807, 2.05) is 6.07 Å². The number of nitriles is 1. The summed E-state index contributed by atoms with van der Waals surface area (Å²) in [6.07, 6.45) is 0. The Morgan fingerprint density at radius 2 is 1.91 bits per heavy atom. The number of carbonyl (C=O) groups is 1. The third kappa shape index (κ3) is 4.10. The van der Waals surface area contributed by atoms with E-state index in [0.717, 1.165) is 0 Å². The molecule has 0 aliphatic heterocycles.